The summed E-state index contributed by atoms with van der Waals surface area (Å²) in [5, 5.41) is 3.22. The zero-order valence-electron chi connectivity index (χ0n) is 10.8. The number of nitrogens with two attached hydrogens (primary N) is 1. The third-order valence-electron chi connectivity index (χ3n) is 2.96. The van der Waals surface area contributed by atoms with E-state index in [2.05, 4.69) is 21.2 Å². The molecule has 0 aliphatic carbocycles. The van der Waals surface area contributed by atoms with Crippen LogP contribution in [0.1, 0.15) is 32.4 Å². The molecule has 1 aromatic carbocycles. The van der Waals surface area contributed by atoms with Crippen LogP contribution in [0.5, 0.6) is 0 Å². The maximum absolute atomic E-state index is 13.1. The maximum atomic E-state index is 13.1. The number of hydrogen-bond acceptors (Lipinski definition) is 2. The predicted molar refractivity (Wildman–Crippen MR) is 73.5 cm³/mol. The number of carbonyl (C=O) groups excluding carboxylic acids is 1. The van der Waals surface area contributed by atoms with E-state index in [9.17, 15) is 9.18 Å². The molecule has 0 aromatic heterocycles. The fourth-order valence-corrected chi connectivity index (χ4v) is 1.79. The molecular formula is C13H18BrFN2O. The Morgan fingerprint density at radius 3 is 2.67 bits per heavy atom. The van der Waals surface area contributed by atoms with Crippen molar-refractivity contribution < 1.29 is 9.18 Å². The molecule has 3 N–H and O–H groups in total. The lowest BCUT2D eigenvalue weighted by Gasteiger charge is -2.24. The summed E-state index contributed by atoms with van der Waals surface area (Å²) in [7, 11) is 0. The van der Waals surface area contributed by atoms with Crippen molar-refractivity contribution in [3.05, 3.63) is 34.1 Å². The van der Waals surface area contributed by atoms with Gasteiger partial charge in [-0.3, -0.25) is 4.79 Å². The van der Waals surface area contributed by atoms with Crippen LogP contribution in [0.15, 0.2) is 22.7 Å². The number of hydrogen-bond donors (Lipinski definition) is 2. The summed E-state index contributed by atoms with van der Waals surface area (Å²) in [6, 6.07) is 4.87. The van der Waals surface area contributed by atoms with Gasteiger partial charge in [0.25, 0.3) is 0 Å². The number of halogens is 2. The molecule has 18 heavy (non-hydrogen) atoms. The Labute approximate surface area is 115 Å². The Morgan fingerprint density at radius 2 is 2.17 bits per heavy atom. The standard InChI is InChI=1S/C13H18BrFN2O/c1-8(17-7-13(2,3)12(16)18)9-4-5-11(15)10(14)6-9/h4-6,8,17H,7H2,1-3H3,(H2,16,18). The molecule has 0 saturated carbocycles. The molecule has 1 aromatic rings. The minimum absolute atomic E-state index is 0.0144. The molecule has 3 nitrogen and oxygen atoms in total. The fraction of sp³-hybridized carbons (Fsp3) is 0.462. The average molecular weight is 317 g/mol. The first-order valence-electron chi connectivity index (χ1n) is 5.72. The Balaban J connectivity index is 2.68. The first kappa shape index (κ1) is 15.1. The van der Waals surface area contributed by atoms with Crippen molar-refractivity contribution in [3.63, 3.8) is 0 Å². The number of primary amides is 1. The molecule has 1 rings (SSSR count). The summed E-state index contributed by atoms with van der Waals surface area (Å²) in [6.45, 7) is 6.00. The summed E-state index contributed by atoms with van der Waals surface area (Å²) in [6.07, 6.45) is 0. The van der Waals surface area contributed by atoms with Crippen LogP contribution in [0.4, 0.5) is 4.39 Å². The number of nitrogens with one attached hydrogen (secondary N) is 1. The highest BCUT2D eigenvalue weighted by Gasteiger charge is 2.25. The SMILES string of the molecule is CC(NCC(C)(C)C(N)=O)c1ccc(F)c(Br)c1. The van der Waals surface area contributed by atoms with Crippen LogP contribution in [0.3, 0.4) is 0 Å². The van der Waals surface area contributed by atoms with Crippen LogP contribution in [0.2, 0.25) is 0 Å². The average Bonchev–Trinajstić information content (AvgIpc) is 2.29. The lowest BCUT2D eigenvalue weighted by molar-refractivity contribution is -0.125. The molecular weight excluding hydrogens is 299 g/mol. The second-order valence-electron chi connectivity index (χ2n) is 5.02. The van der Waals surface area contributed by atoms with Gasteiger partial charge in [0.2, 0.25) is 5.91 Å². The largest absolute Gasteiger partial charge is 0.369 e. The smallest absolute Gasteiger partial charge is 0.224 e. The molecule has 0 aliphatic heterocycles. The van der Waals surface area contributed by atoms with E-state index in [-0.39, 0.29) is 17.8 Å². The van der Waals surface area contributed by atoms with Crippen LogP contribution < -0.4 is 11.1 Å². The van der Waals surface area contributed by atoms with Crippen LogP contribution in [-0.2, 0) is 4.79 Å². The summed E-state index contributed by atoms with van der Waals surface area (Å²) in [4.78, 5) is 11.2. The molecule has 1 unspecified atom stereocenters. The van der Waals surface area contributed by atoms with E-state index in [1.807, 2.05) is 6.92 Å². The molecule has 1 amide bonds. The Kier molecular flexibility index (Phi) is 4.87. The van der Waals surface area contributed by atoms with E-state index in [0.29, 0.717) is 11.0 Å². The van der Waals surface area contributed by atoms with Crippen LogP contribution in [0.25, 0.3) is 0 Å². The Morgan fingerprint density at radius 1 is 1.56 bits per heavy atom. The van der Waals surface area contributed by atoms with Crippen LogP contribution in [-0.4, -0.2) is 12.5 Å². The van der Waals surface area contributed by atoms with E-state index >= 15 is 0 Å². The maximum Gasteiger partial charge on any atom is 0.224 e. The summed E-state index contributed by atoms with van der Waals surface area (Å²) < 4.78 is 13.5. The van der Waals surface area contributed by atoms with E-state index in [1.54, 1.807) is 26.0 Å². The topological polar surface area (TPSA) is 55.1 Å². The molecule has 0 bridgehead atoms. The molecule has 0 spiro atoms. The Hall–Kier alpha value is -0.940. The third-order valence-corrected chi connectivity index (χ3v) is 3.57. The van der Waals surface area contributed by atoms with Crippen molar-refractivity contribution in [2.24, 2.45) is 11.1 Å². The molecule has 1 atom stereocenters. The van der Waals surface area contributed by atoms with Gasteiger partial charge in [-0.05, 0) is 54.4 Å². The minimum atomic E-state index is -0.606. The van der Waals surface area contributed by atoms with E-state index in [4.69, 9.17) is 5.73 Å². The van der Waals surface area contributed by atoms with Crippen molar-refractivity contribution in [1.29, 1.82) is 0 Å². The van der Waals surface area contributed by atoms with Crippen molar-refractivity contribution >= 4 is 21.8 Å². The van der Waals surface area contributed by atoms with Gasteiger partial charge in [-0.1, -0.05) is 6.07 Å². The summed E-state index contributed by atoms with van der Waals surface area (Å²) >= 11 is 3.15. The fourth-order valence-electron chi connectivity index (χ4n) is 1.39. The van der Waals surface area contributed by atoms with Gasteiger partial charge in [0.1, 0.15) is 5.82 Å². The molecule has 0 radical (unpaired) electrons. The summed E-state index contributed by atoms with van der Waals surface area (Å²) in [5.41, 5.74) is 5.65. The Bertz CT molecular complexity index is 449. The monoisotopic (exact) mass is 316 g/mol. The van der Waals surface area contributed by atoms with Gasteiger partial charge in [-0.25, -0.2) is 4.39 Å². The number of amides is 1. The highest BCUT2D eigenvalue weighted by molar-refractivity contribution is 9.10. The lowest BCUT2D eigenvalue weighted by Crippen LogP contribution is -2.41. The van der Waals surface area contributed by atoms with Gasteiger partial charge in [0.05, 0.1) is 9.89 Å². The van der Waals surface area contributed by atoms with Gasteiger partial charge >= 0.3 is 0 Å². The van der Waals surface area contributed by atoms with Crippen molar-refractivity contribution in [2.45, 2.75) is 26.8 Å². The second kappa shape index (κ2) is 5.80. The molecule has 0 saturated heterocycles. The molecule has 100 valence electrons. The van der Waals surface area contributed by atoms with Gasteiger partial charge in [-0.15, -0.1) is 0 Å². The number of benzene rings is 1. The lowest BCUT2D eigenvalue weighted by atomic mass is 9.92. The van der Waals surface area contributed by atoms with Gasteiger partial charge in [0.15, 0.2) is 0 Å². The third kappa shape index (κ3) is 3.78. The van der Waals surface area contributed by atoms with E-state index < -0.39 is 5.41 Å². The second-order valence-corrected chi connectivity index (χ2v) is 5.88. The van der Waals surface area contributed by atoms with Gasteiger partial charge < -0.3 is 11.1 Å². The van der Waals surface area contributed by atoms with E-state index in [0.717, 1.165) is 5.56 Å². The summed E-state index contributed by atoms with van der Waals surface area (Å²) in [5.74, 6) is -0.633. The quantitative estimate of drug-likeness (QED) is 0.877. The number of carbonyl (C=O) groups is 1. The van der Waals surface area contributed by atoms with Gasteiger partial charge in [-0.2, -0.15) is 0 Å². The predicted octanol–water partition coefficient (Wildman–Crippen LogP) is 2.75. The zero-order chi connectivity index (χ0) is 13.9. The zero-order valence-corrected chi connectivity index (χ0v) is 12.3. The molecule has 5 heteroatoms. The van der Waals surface area contributed by atoms with Crippen LogP contribution in [0, 0.1) is 11.2 Å². The highest BCUT2D eigenvalue weighted by Crippen LogP contribution is 2.22. The molecule has 0 fully saturated rings. The van der Waals surface area contributed by atoms with Crippen molar-refractivity contribution in [1.82, 2.24) is 5.32 Å². The first-order valence-corrected chi connectivity index (χ1v) is 6.51. The van der Waals surface area contributed by atoms with Crippen molar-refractivity contribution in [3.8, 4) is 0 Å². The number of rotatable bonds is 5. The van der Waals surface area contributed by atoms with Crippen LogP contribution >= 0.6 is 15.9 Å². The molecule has 0 heterocycles. The van der Waals surface area contributed by atoms with E-state index in [1.165, 1.54) is 6.07 Å². The highest BCUT2D eigenvalue weighted by atomic mass is 79.9. The van der Waals surface area contributed by atoms with Crippen molar-refractivity contribution in [2.75, 3.05) is 6.54 Å². The van der Waals surface area contributed by atoms with Gasteiger partial charge in [0, 0.05) is 12.6 Å². The molecule has 0 aliphatic rings. The first-order chi connectivity index (χ1) is 8.24. The normalized spacial score (nSPS) is 13.4. The minimum Gasteiger partial charge on any atom is -0.369 e.